The first-order valence-corrected chi connectivity index (χ1v) is 13.8. The number of aliphatic hydroxyl groups is 1. The second-order valence-corrected chi connectivity index (χ2v) is 11.8. The quantitative estimate of drug-likeness (QED) is 0.394. The first kappa shape index (κ1) is 27.6. The van der Waals surface area contributed by atoms with Crippen molar-refractivity contribution in [3.8, 4) is 0 Å². The molecule has 2 bridgehead atoms. The Bertz CT molecular complexity index is 1000. The smallest absolute Gasteiger partial charge is 0.245 e. The molecule has 3 heterocycles. The Morgan fingerprint density at radius 3 is 2.51 bits per heavy atom. The third-order valence-electron chi connectivity index (χ3n) is 8.77. The molecule has 3 aliphatic rings. The van der Waals surface area contributed by atoms with Crippen LogP contribution in [0.15, 0.2) is 30.3 Å². The maximum atomic E-state index is 14.2. The van der Waals surface area contributed by atoms with Crippen molar-refractivity contribution in [3.05, 3.63) is 35.9 Å². The molecule has 3 amide bonds. The molecule has 3 aliphatic heterocycles. The van der Waals surface area contributed by atoms with Gasteiger partial charge in [-0.1, -0.05) is 64.4 Å². The van der Waals surface area contributed by atoms with E-state index in [0.717, 1.165) is 18.4 Å². The first-order chi connectivity index (χ1) is 17.6. The monoisotopic (exact) mass is 513 g/mol. The van der Waals surface area contributed by atoms with Crippen molar-refractivity contribution in [2.45, 2.75) is 90.1 Å². The van der Waals surface area contributed by atoms with Gasteiger partial charge in [-0.25, -0.2) is 0 Å². The molecular formula is C29H43N3O5. The van der Waals surface area contributed by atoms with Gasteiger partial charge >= 0.3 is 0 Å². The van der Waals surface area contributed by atoms with Crippen LogP contribution in [0.4, 0.5) is 0 Å². The standard InChI is InChI=1S/C29H43N3O5/c1-6-7-13-30-26(35)24-29-15-19(4)28(5,37-29)22(25(34)31-16-20-11-9-8-10-12-20)23(29)27(36)32(24)21(17-33)14-18(2)3/h8-12,18-19,21-24,33H,6-7,13-17H2,1-5H3,(H,30,35)(H,31,34)/t19?,21-,22+,23+,24?,28-,29?/m1/s1. The lowest BCUT2D eigenvalue weighted by atomic mass is 9.62. The number of carbonyl (C=O) groups excluding carboxylic acids is 3. The molecule has 0 saturated carbocycles. The molecule has 37 heavy (non-hydrogen) atoms. The summed E-state index contributed by atoms with van der Waals surface area (Å²) < 4.78 is 6.74. The third-order valence-corrected chi connectivity index (χ3v) is 8.77. The fraction of sp³-hybridized carbons (Fsp3) is 0.690. The number of hydrogen-bond acceptors (Lipinski definition) is 5. The number of ether oxygens (including phenoxy) is 1. The molecule has 0 radical (unpaired) electrons. The van der Waals surface area contributed by atoms with Crippen LogP contribution in [0.3, 0.4) is 0 Å². The highest BCUT2D eigenvalue weighted by Gasteiger charge is 2.80. The van der Waals surface area contributed by atoms with Crippen LogP contribution in [0.1, 0.15) is 65.9 Å². The molecule has 204 valence electrons. The number of rotatable bonds is 11. The van der Waals surface area contributed by atoms with E-state index in [-0.39, 0.29) is 36.2 Å². The third kappa shape index (κ3) is 4.67. The Kier molecular flexibility index (Phi) is 8.00. The van der Waals surface area contributed by atoms with Gasteiger partial charge in [-0.2, -0.15) is 0 Å². The van der Waals surface area contributed by atoms with E-state index in [4.69, 9.17) is 4.74 Å². The zero-order valence-corrected chi connectivity index (χ0v) is 22.8. The summed E-state index contributed by atoms with van der Waals surface area (Å²) in [6, 6.07) is 8.26. The van der Waals surface area contributed by atoms with E-state index in [2.05, 4.69) is 17.6 Å². The zero-order chi connectivity index (χ0) is 27.0. The highest BCUT2D eigenvalue weighted by molar-refractivity contribution is 5.99. The number of aliphatic hydroxyl groups excluding tert-OH is 1. The molecule has 1 aromatic carbocycles. The number of likely N-dealkylation sites (tertiary alicyclic amines) is 1. The van der Waals surface area contributed by atoms with Crippen LogP contribution >= 0.6 is 0 Å². The summed E-state index contributed by atoms with van der Waals surface area (Å²) >= 11 is 0. The summed E-state index contributed by atoms with van der Waals surface area (Å²) in [4.78, 5) is 43.3. The van der Waals surface area contributed by atoms with Gasteiger partial charge in [-0.05, 0) is 43.6 Å². The molecule has 0 aliphatic carbocycles. The van der Waals surface area contributed by atoms with Crippen molar-refractivity contribution >= 4 is 17.7 Å². The van der Waals surface area contributed by atoms with E-state index < -0.39 is 35.1 Å². The molecule has 3 saturated heterocycles. The second-order valence-electron chi connectivity index (χ2n) is 11.8. The predicted octanol–water partition coefficient (Wildman–Crippen LogP) is 2.64. The minimum Gasteiger partial charge on any atom is -0.394 e. The molecule has 3 fully saturated rings. The van der Waals surface area contributed by atoms with Crippen LogP contribution in [0, 0.1) is 23.7 Å². The molecule has 8 heteroatoms. The first-order valence-electron chi connectivity index (χ1n) is 13.8. The fourth-order valence-corrected chi connectivity index (χ4v) is 6.97. The van der Waals surface area contributed by atoms with Crippen molar-refractivity contribution in [1.29, 1.82) is 0 Å². The van der Waals surface area contributed by atoms with Crippen LogP contribution in [0.5, 0.6) is 0 Å². The number of hydrogen-bond donors (Lipinski definition) is 3. The number of carbonyl (C=O) groups is 3. The Morgan fingerprint density at radius 1 is 1.19 bits per heavy atom. The normalized spacial score (nSPS) is 33.1. The van der Waals surface area contributed by atoms with E-state index in [0.29, 0.717) is 25.9 Å². The number of fused-ring (bicyclic) bond motifs is 1. The number of nitrogens with zero attached hydrogens (tertiary/aromatic N) is 1. The van der Waals surface area contributed by atoms with Gasteiger partial charge in [0.15, 0.2) is 0 Å². The minimum atomic E-state index is -1.10. The Hall–Kier alpha value is -2.45. The lowest BCUT2D eigenvalue weighted by molar-refractivity contribution is -0.151. The maximum absolute atomic E-state index is 14.2. The molecule has 4 rings (SSSR count). The summed E-state index contributed by atoms with van der Waals surface area (Å²) in [6.45, 7) is 10.7. The Balaban J connectivity index is 1.70. The van der Waals surface area contributed by atoms with Gasteiger partial charge in [0.25, 0.3) is 0 Å². The lowest BCUT2D eigenvalue weighted by Gasteiger charge is -2.37. The zero-order valence-electron chi connectivity index (χ0n) is 22.8. The number of amides is 3. The van der Waals surface area contributed by atoms with E-state index in [1.807, 2.05) is 58.0 Å². The average molecular weight is 514 g/mol. The van der Waals surface area contributed by atoms with Gasteiger partial charge < -0.3 is 25.4 Å². The average Bonchev–Trinajstić information content (AvgIpc) is 3.38. The molecule has 1 spiro atoms. The molecule has 1 aromatic rings. The largest absolute Gasteiger partial charge is 0.394 e. The molecule has 8 nitrogen and oxygen atoms in total. The summed E-state index contributed by atoms with van der Waals surface area (Å²) in [6.07, 6.45) is 2.84. The van der Waals surface area contributed by atoms with Crippen LogP contribution in [0.25, 0.3) is 0 Å². The highest BCUT2D eigenvalue weighted by atomic mass is 16.5. The number of benzene rings is 1. The molecule has 3 unspecified atom stereocenters. The Morgan fingerprint density at radius 2 is 1.89 bits per heavy atom. The minimum absolute atomic E-state index is 0.0207. The Labute approximate surface area is 220 Å². The number of nitrogens with one attached hydrogen (secondary N) is 2. The van der Waals surface area contributed by atoms with E-state index in [1.54, 1.807) is 4.90 Å². The van der Waals surface area contributed by atoms with Crippen molar-refractivity contribution in [1.82, 2.24) is 15.5 Å². The predicted molar refractivity (Wildman–Crippen MR) is 140 cm³/mol. The summed E-state index contributed by atoms with van der Waals surface area (Å²) in [5.41, 5.74) is -0.986. The molecule has 0 aromatic heterocycles. The molecule has 3 N–H and O–H groups in total. The van der Waals surface area contributed by atoms with Crippen molar-refractivity contribution < 1.29 is 24.2 Å². The SMILES string of the molecule is CCCCNC(=O)C1N([C@@H](CO)CC(C)C)C(=O)[C@@H]2[C@@H](C(=O)NCc3ccccc3)[C@]3(C)OC12CC3C. The molecule has 7 atom stereocenters. The summed E-state index contributed by atoms with van der Waals surface area (Å²) in [7, 11) is 0. The van der Waals surface area contributed by atoms with Crippen molar-refractivity contribution in [2.75, 3.05) is 13.2 Å². The van der Waals surface area contributed by atoms with Gasteiger partial charge in [0.1, 0.15) is 11.6 Å². The topological polar surface area (TPSA) is 108 Å². The van der Waals surface area contributed by atoms with Gasteiger partial charge in [-0.3, -0.25) is 14.4 Å². The van der Waals surface area contributed by atoms with Crippen molar-refractivity contribution in [2.24, 2.45) is 23.7 Å². The summed E-state index contributed by atoms with van der Waals surface area (Å²) in [5, 5.41) is 16.4. The van der Waals surface area contributed by atoms with Crippen LogP contribution < -0.4 is 10.6 Å². The van der Waals surface area contributed by atoms with E-state index >= 15 is 0 Å². The maximum Gasteiger partial charge on any atom is 0.245 e. The van der Waals surface area contributed by atoms with Crippen LogP contribution in [0.2, 0.25) is 0 Å². The van der Waals surface area contributed by atoms with E-state index in [9.17, 15) is 19.5 Å². The summed E-state index contributed by atoms with van der Waals surface area (Å²) in [5.74, 6) is -2.04. The van der Waals surface area contributed by atoms with Crippen LogP contribution in [-0.2, 0) is 25.7 Å². The molecular weight excluding hydrogens is 470 g/mol. The second kappa shape index (κ2) is 10.7. The van der Waals surface area contributed by atoms with Gasteiger partial charge in [-0.15, -0.1) is 0 Å². The van der Waals surface area contributed by atoms with Crippen LogP contribution in [-0.4, -0.2) is 64.2 Å². The van der Waals surface area contributed by atoms with Gasteiger partial charge in [0, 0.05) is 13.1 Å². The highest BCUT2D eigenvalue weighted by Crippen LogP contribution is 2.65. The lowest BCUT2D eigenvalue weighted by Crippen LogP contribution is -2.58. The van der Waals surface area contributed by atoms with Gasteiger partial charge in [0.2, 0.25) is 17.7 Å². The van der Waals surface area contributed by atoms with Crippen molar-refractivity contribution in [3.63, 3.8) is 0 Å². The van der Waals surface area contributed by atoms with Gasteiger partial charge in [0.05, 0.1) is 30.1 Å². The fourth-order valence-electron chi connectivity index (χ4n) is 6.97. The van der Waals surface area contributed by atoms with E-state index in [1.165, 1.54) is 0 Å². The number of unbranched alkanes of at least 4 members (excludes halogenated alkanes) is 1.